The van der Waals surface area contributed by atoms with Crippen LogP contribution in [-0.2, 0) is 6.54 Å². The van der Waals surface area contributed by atoms with Crippen LogP contribution in [0, 0.1) is 0 Å². The van der Waals surface area contributed by atoms with E-state index < -0.39 is 19.1 Å². The fourth-order valence-corrected chi connectivity index (χ4v) is 4.36. The number of aromatic nitrogens is 4. The summed E-state index contributed by atoms with van der Waals surface area (Å²) in [5, 5.41) is 3.88. The van der Waals surface area contributed by atoms with Crippen molar-refractivity contribution in [2.24, 2.45) is 0 Å². The first-order valence-corrected chi connectivity index (χ1v) is 12.3. The van der Waals surface area contributed by atoms with Crippen molar-refractivity contribution in [3.8, 4) is 28.6 Å². The van der Waals surface area contributed by atoms with Crippen LogP contribution < -0.4 is 15.2 Å². The van der Waals surface area contributed by atoms with E-state index in [0.29, 0.717) is 30.0 Å². The van der Waals surface area contributed by atoms with Crippen LogP contribution in [-0.4, -0.2) is 69.9 Å². The Hall–Kier alpha value is -4.40. The van der Waals surface area contributed by atoms with Crippen molar-refractivity contribution in [1.29, 1.82) is 0 Å². The Bertz CT molecular complexity index is 1540. The van der Waals surface area contributed by atoms with Crippen LogP contribution in [0.2, 0.25) is 0 Å². The molecule has 15 heteroatoms. The Kier molecular flexibility index (Phi) is 7.71. The predicted octanol–water partition coefficient (Wildman–Crippen LogP) is 4.59. The molecule has 1 saturated heterocycles. The monoisotopic (exact) mass is 580 g/mol. The number of ether oxygens (including phenoxy) is 1. The fourth-order valence-electron chi connectivity index (χ4n) is 4.36. The number of hydrogen-bond donors (Lipinski definition) is 0. The van der Waals surface area contributed by atoms with E-state index in [1.54, 1.807) is 18.3 Å². The van der Waals surface area contributed by atoms with Gasteiger partial charge in [-0.15, -0.1) is 13.2 Å². The molecule has 0 N–H and O–H groups in total. The summed E-state index contributed by atoms with van der Waals surface area (Å²) in [6, 6.07) is 11.3. The van der Waals surface area contributed by atoms with Crippen LogP contribution in [0.25, 0.3) is 22.8 Å². The Labute approximate surface area is 228 Å². The van der Waals surface area contributed by atoms with E-state index >= 15 is 0 Å². The molecule has 0 spiro atoms. The first kappa shape index (κ1) is 28.1. The van der Waals surface area contributed by atoms with Gasteiger partial charge in [0, 0.05) is 50.2 Å². The molecule has 0 radical (unpaired) electrons. The van der Waals surface area contributed by atoms with Gasteiger partial charge in [0.05, 0.1) is 18.7 Å². The van der Waals surface area contributed by atoms with Gasteiger partial charge in [-0.1, -0.05) is 5.16 Å². The molecule has 9 nitrogen and oxygen atoms in total. The largest absolute Gasteiger partial charge is 0.573 e. The van der Waals surface area contributed by atoms with E-state index in [-0.39, 0.29) is 42.7 Å². The summed E-state index contributed by atoms with van der Waals surface area (Å²) in [6.45, 7) is 0.518. The number of anilines is 1. The number of alkyl halides is 6. The Morgan fingerprint density at radius 3 is 2.29 bits per heavy atom. The molecule has 216 valence electrons. The van der Waals surface area contributed by atoms with Gasteiger partial charge in [0.1, 0.15) is 11.6 Å². The Balaban J connectivity index is 1.27. The van der Waals surface area contributed by atoms with E-state index in [0.717, 1.165) is 17.7 Å². The van der Waals surface area contributed by atoms with Crippen molar-refractivity contribution >= 4 is 5.82 Å². The van der Waals surface area contributed by atoms with E-state index in [1.165, 1.54) is 39.9 Å². The SMILES string of the molecule is O=c1ccc(-c2nc(-c3ccc(OC(F)(F)F)cc3)no2)cn1Cc1ccnc(N2CCN(CC(F)(F)F)CC2)c1. The van der Waals surface area contributed by atoms with Crippen LogP contribution in [0.15, 0.2) is 70.2 Å². The Morgan fingerprint density at radius 1 is 0.902 bits per heavy atom. The summed E-state index contributed by atoms with van der Waals surface area (Å²) in [4.78, 5) is 24.5. The molecule has 1 aromatic carbocycles. The third-order valence-corrected chi connectivity index (χ3v) is 6.26. The highest BCUT2D eigenvalue weighted by Gasteiger charge is 2.32. The number of piperazine rings is 1. The van der Waals surface area contributed by atoms with Gasteiger partial charge < -0.3 is 18.7 Å². The van der Waals surface area contributed by atoms with Gasteiger partial charge in [0.2, 0.25) is 5.82 Å². The topological polar surface area (TPSA) is 89.5 Å². The van der Waals surface area contributed by atoms with Crippen molar-refractivity contribution in [2.75, 3.05) is 37.6 Å². The van der Waals surface area contributed by atoms with Gasteiger partial charge >= 0.3 is 12.5 Å². The summed E-state index contributed by atoms with van der Waals surface area (Å²) < 4.78 is 85.8. The van der Waals surface area contributed by atoms with Crippen LogP contribution in [0.5, 0.6) is 5.75 Å². The van der Waals surface area contributed by atoms with Gasteiger partial charge in [-0.05, 0) is 48.0 Å². The number of nitrogens with zero attached hydrogens (tertiary/aromatic N) is 6. The average molecular weight is 580 g/mol. The van der Waals surface area contributed by atoms with Crippen molar-refractivity contribution in [2.45, 2.75) is 19.1 Å². The number of rotatable bonds is 7. The van der Waals surface area contributed by atoms with Crippen molar-refractivity contribution < 1.29 is 35.6 Å². The normalized spacial score (nSPS) is 14.8. The molecular formula is C26H22F6N6O3. The molecule has 1 aliphatic rings. The number of pyridine rings is 2. The van der Waals surface area contributed by atoms with E-state index in [4.69, 9.17) is 4.52 Å². The first-order chi connectivity index (χ1) is 19.4. The molecule has 41 heavy (non-hydrogen) atoms. The minimum Gasteiger partial charge on any atom is -0.406 e. The number of benzene rings is 1. The highest BCUT2D eigenvalue weighted by molar-refractivity contribution is 5.60. The molecule has 0 atom stereocenters. The molecule has 1 aliphatic heterocycles. The van der Waals surface area contributed by atoms with E-state index in [1.807, 2.05) is 4.90 Å². The lowest BCUT2D eigenvalue weighted by atomic mass is 10.2. The average Bonchev–Trinajstić information content (AvgIpc) is 3.40. The third kappa shape index (κ3) is 7.42. The van der Waals surface area contributed by atoms with Crippen molar-refractivity contribution in [3.63, 3.8) is 0 Å². The van der Waals surface area contributed by atoms with Crippen LogP contribution >= 0.6 is 0 Å². The number of halogens is 6. The second-order valence-corrected chi connectivity index (χ2v) is 9.28. The molecule has 3 aromatic heterocycles. The molecule has 0 aliphatic carbocycles. The molecule has 0 saturated carbocycles. The fraction of sp³-hybridized carbons (Fsp3) is 0.308. The Morgan fingerprint density at radius 2 is 1.61 bits per heavy atom. The lowest BCUT2D eigenvalue weighted by Gasteiger charge is -2.35. The van der Waals surface area contributed by atoms with E-state index in [2.05, 4.69) is 19.9 Å². The maximum atomic E-state index is 12.7. The molecule has 4 heterocycles. The van der Waals surface area contributed by atoms with E-state index in [9.17, 15) is 31.1 Å². The first-order valence-electron chi connectivity index (χ1n) is 12.3. The zero-order valence-corrected chi connectivity index (χ0v) is 21.2. The second kappa shape index (κ2) is 11.2. The third-order valence-electron chi connectivity index (χ3n) is 6.26. The van der Waals surface area contributed by atoms with Crippen molar-refractivity contribution in [1.82, 2.24) is 24.6 Å². The highest BCUT2D eigenvalue weighted by atomic mass is 19.4. The maximum absolute atomic E-state index is 12.7. The summed E-state index contributed by atoms with van der Waals surface area (Å²) in [6.07, 6.45) is -5.94. The van der Waals surface area contributed by atoms with Crippen LogP contribution in [0.1, 0.15) is 5.56 Å². The molecule has 0 bridgehead atoms. The highest BCUT2D eigenvalue weighted by Crippen LogP contribution is 2.27. The summed E-state index contributed by atoms with van der Waals surface area (Å²) >= 11 is 0. The van der Waals surface area contributed by atoms with Gasteiger partial charge in [0.25, 0.3) is 11.4 Å². The molecule has 5 rings (SSSR count). The molecule has 0 unspecified atom stereocenters. The number of hydrogen-bond acceptors (Lipinski definition) is 8. The smallest absolute Gasteiger partial charge is 0.406 e. The maximum Gasteiger partial charge on any atom is 0.573 e. The van der Waals surface area contributed by atoms with Crippen molar-refractivity contribution in [3.05, 3.63) is 76.8 Å². The lowest BCUT2D eigenvalue weighted by Crippen LogP contribution is -2.49. The quantitative estimate of drug-likeness (QED) is 0.294. The van der Waals surface area contributed by atoms with Gasteiger partial charge in [-0.2, -0.15) is 18.2 Å². The molecule has 1 fully saturated rings. The van der Waals surface area contributed by atoms with Crippen LogP contribution in [0.3, 0.4) is 0 Å². The molecular weight excluding hydrogens is 558 g/mol. The standard InChI is InChI=1S/C26H22F6N6O3/c27-25(28,29)16-36-9-11-37(12-10-36)21-13-17(7-8-33-21)14-38-15-19(3-6-22(38)39)24-34-23(35-41-24)18-1-4-20(5-2-18)40-26(30,31)32/h1-8,13,15H,9-12,14,16H2. The minimum atomic E-state index is -4.81. The molecule has 0 amide bonds. The predicted molar refractivity (Wildman–Crippen MR) is 134 cm³/mol. The summed E-state index contributed by atoms with van der Waals surface area (Å²) in [5.74, 6) is 0.438. The zero-order valence-electron chi connectivity index (χ0n) is 21.2. The van der Waals surface area contributed by atoms with Gasteiger partial charge in [-0.25, -0.2) is 4.98 Å². The van der Waals surface area contributed by atoms with Crippen LogP contribution in [0.4, 0.5) is 32.2 Å². The second-order valence-electron chi connectivity index (χ2n) is 9.28. The lowest BCUT2D eigenvalue weighted by molar-refractivity contribution is -0.274. The zero-order chi connectivity index (χ0) is 29.2. The minimum absolute atomic E-state index is 0.0940. The van der Waals surface area contributed by atoms with Gasteiger partial charge in [-0.3, -0.25) is 9.69 Å². The summed E-state index contributed by atoms with van der Waals surface area (Å²) in [7, 11) is 0. The van der Waals surface area contributed by atoms with Gasteiger partial charge in [0.15, 0.2) is 0 Å². The molecule has 4 aromatic rings. The summed E-state index contributed by atoms with van der Waals surface area (Å²) in [5.41, 5.74) is 1.29.